The number of benzene rings is 2. The predicted molar refractivity (Wildman–Crippen MR) is 132 cm³/mol. The molecule has 2 aromatic rings. The van der Waals surface area contributed by atoms with Gasteiger partial charge in [-0.2, -0.15) is 11.8 Å². The van der Waals surface area contributed by atoms with Crippen LogP contribution in [0.5, 0.6) is 0 Å². The van der Waals surface area contributed by atoms with Gasteiger partial charge in [-0.1, -0.05) is 48.5 Å². The summed E-state index contributed by atoms with van der Waals surface area (Å²) in [4.78, 5) is 36.7. The Labute approximate surface area is 203 Å². The highest BCUT2D eigenvalue weighted by molar-refractivity contribution is 7.98. The smallest absolute Gasteiger partial charge is 0.407 e. The molecule has 8 heteroatoms. The summed E-state index contributed by atoms with van der Waals surface area (Å²) in [5.74, 6) is -0.899. The second-order valence-electron chi connectivity index (χ2n) is 8.86. The van der Waals surface area contributed by atoms with Crippen LogP contribution >= 0.6 is 11.8 Å². The fourth-order valence-corrected chi connectivity index (χ4v) is 5.40. The molecule has 34 heavy (non-hydrogen) atoms. The number of carbonyl (C=O) groups is 3. The number of amides is 2. The molecule has 1 saturated carbocycles. The summed E-state index contributed by atoms with van der Waals surface area (Å²) >= 11 is 1.59. The van der Waals surface area contributed by atoms with E-state index in [4.69, 9.17) is 4.74 Å². The molecule has 7 nitrogen and oxygen atoms in total. The first kappa shape index (κ1) is 24.1. The molecule has 0 bridgehead atoms. The van der Waals surface area contributed by atoms with E-state index in [-0.39, 0.29) is 24.5 Å². The molecular formula is C26H30N2O5S. The van der Waals surface area contributed by atoms with Gasteiger partial charge in [0.25, 0.3) is 0 Å². The number of hydrogen-bond donors (Lipinski definition) is 3. The van der Waals surface area contributed by atoms with Gasteiger partial charge in [-0.05, 0) is 59.9 Å². The lowest BCUT2D eigenvalue weighted by Crippen LogP contribution is -2.49. The van der Waals surface area contributed by atoms with Gasteiger partial charge in [-0.25, -0.2) is 4.79 Å². The number of thioether (sulfide) groups is 1. The first-order valence-corrected chi connectivity index (χ1v) is 13.0. The maximum Gasteiger partial charge on any atom is 0.407 e. The Balaban J connectivity index is 1.36. The van der Waals surface area contributed by atoms with E-state index in [1.165, 1.54) is 0 Å². The highest BCUT2D eigenvalue weighted by Gasteiger charge is 2.33. The van der Waals surface area contributed by atoms with Crippen LogP contribution in [0.3, 0.4) is 0 Å². The average molecular weight is 483 g/mol. The topological polar surface area (TPSA) is 105 Å². The maximum atomic E-state index is 12.9. The standard InChI is InChI=1S/C26H30N2O5S/c1-34-13-12-23(24(29)27-17-11-10-16(14-17)25(30)31)28-26(32)33-15-22-20-8-4-2-6-18(20)19-7-3-5-9-21(19)22/h2-9,16-17,22-23H,10-15H2,1H3,(H,27,29)(H,28,32)(H,30,31)/t16-,17+,23-/m1/s1. The Morgan fingerprint density at radius 2 is 1.71 bits per heavy atom. The van der Waals surface area contributed by atoms with Crippen molar-refractivity contribution < 1.29 is 24.2 Å². The van der Waals surface area contributed by atoms with E-state index in [2.05, 4.69) is 34.9 Å². The minimum atomic E-state index is -0.826. The van der Waals surface area contributed by atoms with E-state index < -0.39 is 24.0 Å². The van der Waals surface area contributed by atoms with Crippen LogP contribution in [0.1, 0.15) is 42.7 Å². The van der Waals surface area contributed by atoms with Gasteiger partial charge in [0.15, 0.2) is 0 Å². The van der Waals surface area contributed by atoms with Crippen molar-refractivity contribution in [3.63, 3.8) is 0 Å². The summed E-state index contributed by atoms with van der Waals surface area (Å²) in [6.45, 7) is 0.180. The first-order chi connectivity index (χ1) is 16.5. The van der Waals surface area contributed by atoms with Gasteiger partial charge < -0.3 is 20.5 Å². The van der Waals surface area contributed by atoms with Gasteiger partial charge in [-0.15, -0.1) is 0 Å². The molecule has 0 aromatic heterocycles. The van der Waals surface area contributed by atoms with Crippen LogP contribution in [0.25, 0.3) is 11.1 Å². The first-order valence-electron chi connectivity index (χ1n) is 11.6. The Bertz CT molecular complexity index is 1010. The summed E-state index contributed by atoms with van der Waals surface area (Å²) in [7, 11) is 0. The zero-order valence-corrected chi connectivity index (χ0v) is 20.0. The lowest BCUT2D eigenvalue weighted by Gasteiger charge is -2.21. The molecule has 2 aromatic carbocycles. The number of carboxylic acid groups (broad SMARTS) is 1. The lowest BCUT2D eigenvalue weighted by molar-refractivity contribution is -0.141. The van der Waals surface area contributed by atoms with Gasteiger partial charge in [0.1, 0.15) is 12.6 Å². The van der Waals surface area contributed by atoms with Crippen molar-refractivity contribution in [2.75, 3.05) is 18.6 Å². The summed E-state index contributed by atoms with van der Waals surface area (Å²) in [6, 6.07) is 15.3. The Morgan fingerprint density at radius 3 is 2.29 bits per heavy atom. The largest absolute Gasteiger partial charge is 0.481 e. The second kappa shape index (κ2) is 11.0. The summed E-state index contributed by atoms with van der Waals surface area (Å²) in [6.07, 6.45) is 3.38. The second-order valence-corrected chi connectivity index (χ2v) is 9.84. The molecule has 1 fully saturated rings. The molecule has 0 heterocycles. The number of alkyl carbamates (subject to hydrolysis) is 1. The monoisotopic (exact) mass is 482 g/mol. The van der Waals surface area contributed by atoms with E-state index in [0.717, 1.165) is 22.3 Å². The molecule has 2 aliphatic rings. The van der Waals surface area contributed by atoms with Gasteiger partial charge in [0, 0.05) is 12.0 Å². The van der Waals surface area contributed by atoms with Crippen LogP contribution in [-0.2, 0) is 14.3 Å². The minimum Gasteiger partial charge on any atom is -0.481 e. The summed E-state index contributed by atoms with van der Waals surface area (Å²) < 4.78 is 5.60. The van der Waals surface area contributed by atoms with Crippen molar-refractivity contribution in [2.45, 2.75) is 43.7 Å². The van der Waals surface area contributed by atoms with E-state index >= 15 is 0 Å². The normalized spacial score (nSPS) is 19.7. The van der Waals surface area contributed by atoms with Crippen molar-refractivity contribution >= 4 is 29.7 Å². The third-order valence-electron chi connectivity index (χ3n) is 6.69. The maximum absolute atomic E-state index is 12.9. The highest BCUT2D eigenvalue weighted by atomic mass is 32.2. The summed E-state index contributed by atoms with van der Waals surface area (Å²) in [5, 5.41) is 14.8. The number of aliphatic carboxylic acids is 1. The van der Waals surface area contributed by atoms with Crippen LogP contribution in [0.4, 0.5) is 4.79 Å². The van der Waals surface area contributed by atoms with Gasteiger partial charge in [0.05, 0.1) is 5.92 Å². The fraction of sp³-hybridized carbons (Fsp3) is 0.423. The average Bonchev–Trinajstić information content (AvgIpc) is 3.43. The Kier molecular flexibility index (Phi) is 7.77. The molecule has 0 unspecified atom stereocenters. The van der Waals surface area contributed by atoms with Crippen molar-refractivity contribution in [1.29, 1.82) is 0 Å². The molecule has 2 aliphatic carbocycles. The molecule has 3 atom stereocenters. The molecule has 2 amide bonds. The number of ether oxygens (including phenoxy) is 1. The Morgan fingerprint density at radius 1 is 1.06 bits per heavy atom. The zero-order valence-electron chi connectivity index (χ0n) is 19.2. The SMILES string of the molecule is CSCC[C@@H](NC(=O)OCC1c2ccccc2-c2ccccc21)C(=O)N[C@H]1CC[C@@H](C(=O)O)C1. The predicted octanol–water partition coefficient (Wildman–Crippen LogP) is 4.02. The molecule has 0 radical (unpaired) electrons. The van der Waals surface area contributed by atoms with Gasteiger partial charge >= 0.3 is 12.1 Å². The van der Waals surface area contributed by atoms with E-state index in [1.807, 2.05) is 30.5 Å². The molecule has 0 aliphatic heterocycles. The number of rotatable bonds is 9. The third kappa shape index (κ3) is 5.38. The van der Waals surface area contributed by atoms with E-state index in [1.54, 1.807) is 11.8 Å². The van der Waals surface area contributed by atoms with Crippen LogP contribution in [0.2, 0.25) is 0 Å². The minimum absolute atomic E-state index is 0.0527. The lowest BCUT2D eigenvalue weighted by atomic mass is 9.98. The van der Waals surface area contributed by atoms with Crippen molar-refractivity contribution in [2.24, 2.45) is 5.92 Å². The van der Waals surface area contributed by atoms with Crippen LogP contribution in [0.15, 0.2) is 48.5 Å². The fourth-order valence-electron chi connectivity index (χ4n) is 4.93. The molecule has 0 saturated heterocycles. The van der Waals surface area contributed by atoms with Crippen LogP contribution in [-0.4, -0.2) is 53.8 Å². The Hall–Kier alpha value is -3.00. The van der Waals surface area contributed by atoms with E-state index in [9.17, 15) is 19.5 Å². The van der Waals surface area contributed by atoms with Gasteiger partial charge in [0.2, 0.25) is 5.91 Å². The quantitative estimate of drug-likeness (QED) is 0.499. The highest BCUT2D eigenvalue weighted by Crippen LogP contribution is 2.44. The number of hydrogen-bond acceptors (Lipinski definition) is 5. The van der Waals surface area contributed by atoms with Crippen LogP contribution < -0.4 is 10.6 Å². The summed E-state index contributed by atoms with van der Waals surface area (Å²) in [5.41, 5.74) is 4.56. The third-order valence-corrected chi connectivity index (χ3v) is 7.34. The molecule has 0 spiro atoms. The molecular weight excluding hydrogens is 452 g/mol. The number of carboxylic acids is 1. The van der Waals surface area contributed by atoms with Crippen molar-refractivity contribution in [1.82, 2.24) is 10.6 Å². The van der Waals surface area contributed by atoms with Gasteiger partial charge in [-0.3, -0.25) is 9.59 Å². The van der Waals surface area contributed by atoms with Crippen LogP contribution in [0, 0.1) is 5.92 Å². The zero-order chi connectivity index (χ0) is 24.1. The molecule has 4 rings (SSSR count). The van der Waals surface area contributed by atoms with Crippen molar-refractivity contribution in [3.8, 4) is 11.1 Å². The number of carbonyl (C=O) groups excluding carboxylic acids is 2. The van der Waals surface area contributed by atoms with E-state index in [0.29, 0.717) is 31.4 Å². The molecule has 180 valence electrons. The number of fused-ring (bicyclic) bond motifs is 3. The number of nitrogens with one attached hydrogen (secondary N) is 2. The van der Waals surface area contributed by atoms with Crippen molar-refractivity contribution in [3.05, 3.63) is 59.7 Å². The molecule has 3 N–H and O–H groups in total.